The molecule has 0 saturated carbocycles. The Labute approximate surface area is 417 Å². The molecular formula is C61H122ClN3. The number of nitrogens with zero attached hydrogens (tertiary/aromatic N) is 2. The first-order valence-corrected chi connectivity index (χ1v) is 30.0. The summed E-state index contributed by atoms with van der Waals surface area (Å²) in [5.41, 5.74) is 2.83. The van der Waals surface area contributed by atoms with E-state index in [1.165, 1.54) is 293 Å². The third-order valence-electron chi connectivity index (χ3n) is 15.9. The topological polar surface area (TPSA) is 20.8 Å². The van der Waals surface area contributed by atoms with Crippen LogP contribution < -0.4 is 22.3 Å². The van der Waals surface area contributed by atoms with Crippen LogP contribution in [0.25, 0.3) is 0 Å². The fourth-order valence-electron chi connectivity index (χ4n) is 10.9. The number of hydrogen-bond acceptors (Lipinski definition) is 1. The number of unbranched alkanes of at least 4 members (excludes halogenated alkanes) is 31. The number of rotatable bonds is 50. The van der Waals surface area contributed by atoms with Crippen LogP contribution in [-0.4, -0.2) is 17.2 Å². The molecular weight excluding hydrogens is 810 g/mol. The van der Waals surface area contributed by atoms with Crippen molar-refractivity contribution in [3.63, 3.8) is 0 Å². The molecule has 0 saturated heterocycles. The van der Waals surface area contributed by atoms with Crippen LogP contribution in [-0.2, 0) is 13.6 Å². The number of imidazole rings is 1. The molecule has 1 N–H and O–H groups in total. The van der Waals surface area contributed by atoms with Crippen molar-refractivity contribution in [3.8, 4) is 0 Å². The fourth-order valence-corrected chi connectivity index (χ4v) is 10.9. The molecule has 0 bridgehead atoms. The van der Waals surface area contributed by atoms with Crippen LogP contribution in [0.5, 0.6) is 0 Å². The Morgan fingerprint density at radius 3 is 1.12 bits per heavy atom. The molecule has 65 heavy (non-hydrogen) atoms. The molecule has 1 aromatic rings. The van der Waals surface area contributed by atoms with E-state index in [-0.39, 0.29) is 12.4 Å². The molecule has 0 aliphatic rings. The Kier molecular flexibility index (Phi) is 46.8. The molecule has 1 aromatic heterocycles. The maximum atomic E-state index is 4.11. The SMILES string of the molecule is CCCCCCCCCCCCCCCCCCC(CCCCCCCCCCCCCCCCCC)CCCCC(CCC(C)CCCC(C)C)NCC[n+]1c(C)c(C)n(C)c1C.[Cl-]. The van der Waals surface area contributed by atoms with E-state index in [4.69, 9.17) is 0 Å². The lowest BCUT2D eigenvalue weighted by molar-refractivity contribution is -0.706. The molecule has 1 heterocycles. The zero-order valence-electron chi connectivity index (χ0n) is 46.4. The van der Waals surface area contributed by atoms with Gasteiger partial charge in [-0.1, -0.05) is 291 Å². The number of hydrogen-bond donors (Lipinski definition) is 1. The monoisotopic (exact) mass is 932 g/mol. The van der Waals surface area contributed by atoms with E-state index in [2.05, 4.69) is 76.9 Å². The molecule has 2 atom stereocenters. The lowest BCUT2D eigenvalue weighted by Gasteiger charge is -2.22. The summed E-state index contributed by atoms with van der Waals surface area (Å²) >= 11 is 0. The highest BCUT2D eigenvalue weighted by atomic mass is 35.5. The van der Waals surface area contributed by atoms with Crippen LogP contribution in [0.1, 0.15) is 328 Å². The summed E-state index contributed by atoms with van der Waals surface area (Å²) < 4.78 is 4.90. The van der Waals surface area contributed by atoms with Crippen LogP contribution >= 0.6 is 0 Å². The van der Waals surface area contributed by atoms with E-state index in [1.54, 1.807) is 0 Å². The summed E-state index contributed by atoms with van der Waals surface area (Å²) in [5.74, 6) is 4.04. The van der Waals surface area contributed by atoms with Gasteiger partial charge in [0.25, 0.3) is 5.82 Å². The first-order valence-electron chi connectivity index (χ1n) is 30.0. The second kappa shape index (κ2) is 47.2. The molecule has 0 fully saturated rings. The fraction of sp³-hybridized carbons (Fsp3) is 0.951. The third kappa shape index (κ3) is 38.0. The van der Waals surface area contributed by atoms with Gasteiger partial charge in [0.15, 0.2) is 0 Å². The van der Waals surface area contributed by atoms with Crippen molar-refractivity contribution in [3.05, 3.63) is 17.2 Å². The minimum absolute atomic E-state index is 0. The second-order valence-corrected chi connectivity index (χ2v) is 22.4. The first-order chi connectivity index (χ1) is 31.2. The molecule has 0 amide bonds. The molecule has 0 aliphatic carbocycles. The summed E-state index contributed by atoms with van der Waals surface area (Å²) in [4.78, 5) is 0. The van der Waals surface area contributed by atoms with Gasteiger partial charge >= 0.3 is 0 Å². The molecule has 3 nitrogen and oxygen atoms in total. The number of aromatic nitrogens is 2. The predicted octanol–water partition coefficient (Wildman–Crippen LogP) is 16.9. The quantitative estimate of drug-likeness (QED) is 0.0510. The second-order valence-electron chi connectivity index (χ2n) is 22.4. The molecule has 4 heteroatoms. The highest BCUT2D eigenvalue weighted by Gasteiger charge is 2.20. The Morgan fingerprint density at radius 2 is 0.769 bits per heavy atom. The van der Waals surface area contributed by atoms with Crippen LogP contribution in [0.3, 0.4) is 0 Å². The van der Waals surface area contributed by atoms with E-state index in [9.17, 15) is 0 Å². The van der Waals surface area contributed by atoms with Crippen molar-refractivity contribution < 1.29 is 17.0 Å². The van der Waals surface area contributed by atoms with Gasteiger partial charge in [-0.2, -0.15) is 0 Å². The zero-order valence-corrected chi connectivity index (χ0v) is 47.2. The Bertz CT molecular complexity index is 1050. The summed E-state index contributed by atoms with van der Waals surface area (Å²) in [5, 5.41) is 4.11. The summed E-state index contributed by atoms with van der Waals surface area (Å²) in [6.45, 7) is 21.0. The Balaban J connectivity index is 0.0000410. The molecule has 0 aliphatic heterocycles. The molecule has 388 valence electrons. The number of halogens is 1. The average Bonchev–Trinajstić information content (AvgIpc) is 3.46. The van der Waals surface area contributed by atoms with Crippen molar-refractivity contribution in [1.29, 1.82) is 0 Å². The highest BCUT2D eigenvalue weighted by Crippen LogP contribution is 2.26. The number of nitrogens with one attached hydrogen (secondary N) is 1. The maximum Gasteiger partial charge on any atom is 0.253 e. The molecule has 0 spiro atoms. The van der Waals surface area contributed by atoms with Crippen molar-refractivity contribution in [2.75, 3.05) is 6.54 Å². The van der Waals surface area contributed by atoms with Gasteiger partial charge in [-0.25, -0.2) is 9.13 Å². The van der Waals surface area contributed by atoms with Crippen LogP contribution in [0, 0.1) is 38.5 Å². The van der Waals surface area contributed by atoms with E-state index in [0.717, 1.165) is 30.8 Å². The molecule has 0 aromatic carbocycles. The largest absolute Gasteiger partial charge is 1.00 e. The van der Waals surface area contributed by atoms with Crippen LogP contribution in [0.2, 0.25) is 0 Å². The van der Waals surface area contributed by atoms with Gasteiger partial charge in [-0.3, -0.25) is 0 Å². The summed E-state index contributed by atoms with van der Waals surface area (Å²) in [6.07, 6.45) is 62.6. The predicted molar refractivity (Wildman–Crippen MR) is 289 cm³/mol. The Morgan fingerprint density at radius 1 is 0.415 bits per heavy atom. The van der Waals surface area contributed by atoms with Crippen molar-refractivity contribution in [1.82, 2.24) is 9.88 Å². The van der Waals surface area contributed by atoms with Crippen LogP contribution in [0.15, 0.2) is 0 Å². The van der Waals surface area contributed by atoms with Crippen molar-refractivity contribution in [2.24, 2.45) is 24.8 Å². The normalized spacial score (nSPS) is 12.8. The van der Waals surface area contributed by atoms with E-state index in [0.29, 0.717) is 6.04 Å². The smallest absolute Gasteiger partial charge is 0.253 e. The van der Waals surface area contributed by atoms with Crippen molar-refractivity contribution in [2.45, 2.75) is 344 Å². The minimum atomic E-state index is 0. The van der Waals surface area contributed by atoms with Crippen molar-refractivity contribution >= 4 is 0 Å². The van der Waals surface area contributed by atoms with Crippen LogP contribution in [0.4, 0.5) is 0 Å². The lowest BCUT2D eigenvalue weighted by atomic mass is 9.88. The summed E-state index contributed by atoms with van der Waals surface area (Å²) in [7, 11) is 2.22. The Hall–Kier alpha value is -0.540. The molecule has 1 rings (SSSR count). The third-order valence-corrected chi connectivity index (χ3v) is 15.9. The standard InChI is InChI=1S/C61H122N3.ClH/c1-10-12-14-16-18-20-22-24-26-28-30-32-34-36-38-40-47-60(48-41-39-37-35-33-31-29-27-25-23-21-19-17-15-13-11-2)49-42-43-50-61(52-51-56(5)46-44-45-55(3)4)62-53-54-64-58(7)57(6)63(9)59(64)8;/h55-56,60-62H,10-54H2,1-9H3;1H/q+1;/p-1. The van der Waals surface area contributed by atoms with Gasteiger partial charge in [-0.15, -0.1) is 0 Å². The molecule has 0 radical (unpaired) electrons. The first kappa shape index (κ1) is 64.5. The van der Waals surface area contributed by atoms with Gasteiger partial charge in [0.05, 0.1) is 7.05 Å². The zero-order chi connectivity index (χ0) is 46.7. The highest BCUT2D eigenvalue weighted by molar-refractivity contribution is 5.05. The van der Waals surface area contributed by atoms with E-state index >= 15 is 0 Å². The van der Waals surface area contributed by atoms with Gasteiger partial charge in [0.1, 0.15) is 17.9 Å². The van der Waals surface area contributed by atoms with Gasteiger partial charge < -0.3 is 17.7 Å². The van der Waals surface area contributed by atoms with Gasteiger partial charge in [0.2, 0.25) is 0 Å². The molecule has 2 unspecified atom stereocenters. The lowest BCUT2D eigenvalue weighted by Crippen LogP contribution is -3.00. The van der Waals surface area contributed by atoms with E-state index in [1.807, 2.05) is 0 Å². The van der Waals surface area contributed by atoms with Gasteiger partial charge in [-0.05, 0) is 37.0 Å². The maximum absolute atomic E-state index is 4.11. The van der Waals surface area contributed by atoms with Gasteiger partial charge in [0, 0.05) is 33.4 Å². The average molecular weight is 933 g/mol. The minimum Gasteiger partial charge on any atom is -1.00 e. The van der Waals surface area contributed by atoms with E-state index < -0.39 is 0 Å². The summed E-state index contributed by atoms with van der Waals surface area (Å²) in [6, 6.07) is 0.665.